The van der Waals surface area contributed by atoms with E-state index >= 15 is 0 Å². The van der Waals surface area contributed by atoms with Gasteiger partial charge in [-0.2, -0.15) is 0 Å². The van der Waals surface area contributed by atoms with Crippen LogP contribution in [0.2, 0.25) is 10.0 Å². The molecule has 2 aliphatic rings. The van der Waals surface area contributed by atoms with Crippen LogP contribution in [-0.4, -0.2) is 67.5 Å². The molecule has 4 N–H and O–H groups in total. The van der Waals surface area contributed by atoms with Gasteiger partial charge in [0.2, 0.25) is 0 Å². The van der Waals surface area contributed by atoms with Gasteiger partial charge in [-0.3, -0.25) is 15.0 Å². The van der Waals surface area contributed by atoms with Crippen molar-refractivity contribution in [2.45, 2.75) is 6.54 Å². The Kier molecular flexibility index (Phi) is 8.49. The van der Waals surface area contributed by atoms with Gasteiger partial charge >= 0.3 is 5.97 Å². The molecular weight excluding hydrogens is 581 g/mol. The molecule has 0 atom stereocenters. The Bertz CT molecular complexity index is 1610. The number of anilines is 1. The van der Waals surface area contributed by atoms with Gasteiger partial charge in [-0.05, 0) is 46.5 Å². The number of fused-ring (bicyclic) bond motifs is 1. The molecule has 0 bridgehead atoms. The second-order valence-electron chi connectivity index (χ2n) is 9.66. The topological polar surface area (TPSA) is 135 Å². The van der Waals surface area contributed by atoms with Gasteiger partial charge in [0.15, 0.2) is 0 Å². The average molecular weight is 608 g/mol. The van der Waals surface area contributed by atoms with E-state index in [1.165, 1.54) is 0 Å². The van der Waals surface area contributed by atoms with Crippen molar-refractivity contribution in [2.24, 2.45) is 0 Å². The minimum absolute atomic E-state index is 0.0233. The zero-order chi connectivity index (χ0) is 30.0. The standard InChI is InChI=1S/C30H27Cl2N5O5/c1-34-15-20(14-33)19-11-23(31)27(24(32)12-19)29(39)37-16-18-3-2-4-21(26(18)28(38)35-37)17-5-6-22(30(40)41)25(13-17)36-7-9-42-10-8-36/h2-6,11-15,33-34H,7-10,16H2,1H3,(H,35,38)(H,40,41)/b20-15+,33-14?. The number of hydrogen-bond acceptors (Lipinski definition) is 7. The van der Waals surface area contributed by atoms with Crippen molar-refractivity contribution in [1.82, 2.24) is 15.8 Å². The number of carbonyl (C=O) groups excluding carboxylic acids is 2. The van der Waals surface area contributed by atoms with Crippen molar-refractivity contribution in [3.8, 4) is 11.1 Å². The Morgan fingerprint density at radius 1 is 1.10 bits per heavy atom. The molecule has 5 rings (SSSR count). The van der Waals surface area contributed by atoms with E-state index in [9.17, 15) is 19.5 Å². The van der Waals surface area contributed by atoms with Gasteiger partial charge in [-0.15, -0.1) is 0 Å². The SMILES string of the molecule is CN/C=C(\C=N)c1cc(Cl)c(C(=O)N2Cc3cccc(-c4ccc(C(=O)O)c(N5CCOCC5)c4)c3C(=O)N2)c(Cl)c1. The molecule has 1 fully saturated rings. The molecule has 3 aromatic rings. The summed E-state index contributed by atoms with van der Waals surface area (Å²) in [7, 11) is 1.70. The summed E-state index contributed by atoms with van der Waals surface area (Å²) in [5, 5.41) is 21.6. The van der Waals surface area contributed by atoms with Crippen molar-refractivity contribution in [1.29, 1.82) is 5.41 Å². The first-order chi connectivity index (χ1) is 20.2. The number of nitrogens with one attached hydrogen (secondary N) is 3. The first kappa shape index (κ1) is 29.1. The highest BCUT2D eigenvalue weighted by atomic mass is 35.5. The van der Waals surface area contributed by atoms with Crippen molar-refractivity contribution in [3.05, 3.63) is 92.6 Å². The number of hydrogen-bond donors (Lipinski definition) is 4. The van der Waals surface area contributed by atoms with E-state index < -0.39 is 17.8 Å². The van der Waals surface area contributed by atoms with E-state index in [1.807, 2.05) is 4.90 Å². The Balaban J connectivity index is 1.48. The highest BCUT2D eigenvalue weighted by Crippen LogP contribution is 2.35. The lowest BCUT2D eigenvalue weighted by molar-refractivity contribution is 0.0540. The van der Waals surface area contributed by atoms with Crippen molar-refractivity contribution in [3.63, 3.8) is 0 Å². The van der Waals surface area contributed by atoms with Crippen molar-refractivity contribution in [2.75, 3.05) is 38.3 Å². The molecule has 0 spiro atoms. The summed E-state index contributed by atoms with van der Waals surface area (Å²) in [4.78, 5) is 41.0. The lowest BCUT2D eigenvalue weighted by Crippen LogP contribution is -2.49. The summed E-state index contributed by atoms with van der Waals surface area (Å²) in [6.45, 7) is 2.13. The maximum absolute atomic E-state index is 13.5. The van der Waals surface area contributed by atoms with Crippen LogP contribution in [0.15, 0.2) is 54.7 Å². The number of carbonyl (C=O) groups is 3. The van der Waals surface area contributed by atoms with Gasteiger partial charge in [0.05, 0.1) is 52.2 Å². The van der Waals surface area contributed by atoms with Crippen LogP contribution < -0.4 is 15.6 Å². The Hall–Kier alpha value is -4.38. The van der Waals surface area contributed by atoms with Gasteiger partial charge in [0.25, 0.3) is 11.8 Å². The number of allylic oxidation sites excluding steroid dienone is 1. The average Bonchev–Trinajstić information content (AvgIpc) is 2.99. The molecule has 1 saturated heterocycles. The van der Waals surface area contributed by atoms with Gasteiger partial charge in [-0.25, -0.2) is 9.80 Å². The van der Waals surface area contributed by atoms with E-state index in [0.717, 1.165) is 11.2 Å². The van der Waals surface area contributed by atoms with E-state index in [1.54, 1.807) is 61.8 Å². The quantitative estimate of drug-likeness (QED) is 0.286. The van der Waals surface area contributed by atoms with Gasteiger partial charge in [0.1, 0.15) is 0 Å². The first-order valence-corrected chi connectivity index (χ1v) is 13.8. The van der Waals surface area contributed by atoms with Crippen LogP contribution in [0.1, 0.15) is 42.2 Å². The number of carboxylic acids is 1. The lowest BCUT2D eigenvalue weighted by atomic mass is 9.92. The molecule has 216 valence electrons. The molecule has 0 aliphatic carbocycles. The van der Waals surface area contributed by atoms with Gasteiger partial charge in [0, 0.05) is 38.1 Å². The number of amides is 2. The predicted octanol–water partition coefficient (Wildman–Crippen LogP) is 4.71. The molecule has 42 heavy (non-hydrogen) atoms. The fourth-order valence-corrected chi connectivity index (χ4v) is 5.79. The third kappa shape index (κ3) is 5.56. The molecule has 0 radical (unpaired) electrons. The van der Waals surface area contributed by atoms with E-state index in [-0.39, 0.29) is 27.7 Å². The van der Waals surface area contributed by atoms with Crippen LogP contribution in [-0.2, 0) is 11.3 Å². The summed E-state index contributed by atoms with van der Waals surface area (Å²) in [5.74, 6) is -2.12. The first-order valence-electron chi connectivity index (χ1n) is 13.1. The zero-order valence-electron chi connectivity index (χ0n) is 22.5. The lowest BCUT2D eigenvalue weighted by Gasteiger charge is -2.32. The highest BCUT2D eigenvalue weighted by Gasteiger charge is 2.31. The third-order valence-electron chi connectivity index (χ3n) is 7.12. The van der Waals surface area contributed by atoms with Gasteiger partial charge in [-0.1, -0.05) is 47.5 Å². The number of hydrazine groups is 1. The largest absolute Gasteiger partial charge is 0.478 e. The van der Waals surface area contributed by atoms with Crippen LogP contribution >= 0.6 is 23.2 Å². The molecule has 2 amide bonds. The number of morpholine rings is 1. The van der Waals surface area contributed by atoms with E-state index in [4.69, 9.17) is 33.3 Å². The molecule has 10 nitrogen and oxygen atoms in total. The maximum Gasteiger partial charge on any atom is 0.337 e. The molecule has 12 heteroatoms. The number of rotatable bonds is 7. The number of benzene rings is 3. The fourth-order valence-electron chi connectivity index (χ4n) is 5.14. The minimum Gasteiger partial charge on any atom is -0.478 e. The van der Waals surface area contributed by atoms with E-state index in [0.29, 0.717) is 65.4 Å². The Morgan fingerprint density at radius 3 is 2.45 bits per heavy atom. The normalized spacial score (nSPS) is 15.1. The number of carboxylic acid groups (broad SMARTS) is 1. The van der Waals surface area contributed by atoms with E-state index in [2.05, 4.69) is 10.7 Å². The summed E-state index contributed by atoms with van der Waals surface area (Å²) >= 11 is 13.0. The molecule has 0 saturated carbocycles. The number of nitrogens with zero attached hydrogens (tertiary/aromatic N) is 2. The second kappa shape index (κ2) is 12.2. The molecular formula is C30H27Cl2N5O5. The summed E-state index contributed by atoms with van der Waals surface area (Å²) in [5.41, 5.74) is 6.74. The monoisotopic (exact) mass is 607 g/mol. The van der Waals surface area contributed by atoms with Crippen molar-refractivity contribution < 1.29 is 24.2 Å². The fraction of sp³-hybridized carbons (Fsp3) is 0.200. The Morgan fingerprint density at radius 2 is 1.81 bits per heavy atom. The highest BCUT2D eigenvalue weighted by molar-refractivity contribution is 6.40. The van der Waals surface area contributed by atoms with Crippen LogP contribution in [0.5, 0.6) is 0 Å². The van der Waals surface area contributed by atoms with Crippen LogP contribution in [0.25, 0.3) is 16.7 Å². The summed E-state index contributed by atoms with van der Waals surface area (Å²) in [6.07, 6.45) is 2.74. The number of halogens is 2. The third-order valence-corrected chi connectivity index (χ3v) is 7.72. The molecule has 0 unspecified atom stereocenters. The smallest absolute Gasteiger partial charge is 0.337 e. The maximum atomic E-state index is 13.5. The van der Waals surface area contributed by atoms with Crippen molar-refractivity contribution >= 4 is 58.5 Å². The summed E-state index contributed by atoms with van der Waals surface area (Å²) in [6, 6.07) is 13.4. The number of ether oxygens (including phenoxy) is 1. The molecule has 2 aliphatic heterocycles. The van der Waals surface area contributed by atoms with Gasteiger partial charge < -0.3 is 25.5 Å². The molecule has 0 aromatic heterocycles. The summed E-state index contributed by atoms with van der Waals surface area (Å²) < 4.78 is 5.43. The Labute approximate surface area is 251 Å². The minimum atomic E-state index is -1.04. The zero-order valence-corrected chi connectivity index (χ0v) is 24.1. The number of aromatic carboxylic acids is 1. The molecule has 2 heterocycles. The molecule has 3 aromatic carbocycles. The van der Waals surface area contributed by atoms with Crippen LogP contribution in [0, 0.1) is 5.41 Å². The van der Waals surface area contributed by atoms with Crippen LogP contribution in [0.3, 0.4) is 0 Å². The predicted molar refractivity (Wildman–Crippen MR) is 161 cm³/mol. The second-order valence-corrected chi connectivity index (χ2v) is 10.5. The van der Waals surface area contributed by atoms with Crippen LogP contribution in [0.4, 0.5) is 5.69 Å².